The zero-order valence-electron chi connectivity index (χ0n) is 15.7. The zero-order valence-corrected chi connectivity index (χ0v) is 16.5. The molecule has 26 heavy (non-hydrogen) atoms. The van der Waals surface area contributed by atoms with Gasteiger partial charge < -0.3 is 9.47 Å². The number of para-hydroxylation sites is 1. The van der Waals surface area contributed by atoms with Crippen molar-refractivity contribution in [1.29, 1.82) is 0 Å². The summed E-state index contributed by atoms with van der Waals surface area (Å²) in [6.45, 7) is 10.1. The smallest absolute Gasteiger partial charge is 0.0740 e. The van der Waals surface area contributed by atoms with E-state index in [4.69, 9.17) is 26.1 Å². The fraction of sp³-hybridized carbons (Fsp3) is 0.550. The molecule has 1 aliphatic heterocycles. The van der Waals surface area contributed by atoms with Crippen LogP contribution in [0.2, 0.25) is 5.02 Å². The maximum Gasteiger partial charge on any atom is 0.0740 e. The van der Waals surface area contributed by atoms with Gasteiger partial charge in [0.2, 0.25) is 0 Å². The van der Waals surface area contributed by atoms with Crippen molar-refractivity contribution in [3.8, 4) is 0 Å². The van der Waals surface area contributed by atoms with Crippen LogP contribution >= 0.6 is 11.6 Å². The minimum Gasteiger partial charge on any atom is -0.382 e. The van der Waals surface area contributed by atoms with Crippen LogP contribution in [-0.2, 0) is 16.0 Å². The van der Waals surface area contributed by atoms with Gasteiger partial charge in [0, 0.05) is 51.8 Å². The normalized spacial score (nSPS) is 16.4. The first-order valence-corrected chi connectivity index (χ1v) is 9.62. The first-order valence-electron chi connectivity index (χ1n) is 9.24. The predicted octanol–water partition coefficient (Wildman–Crippen LogP) is 2.98. The minimum atomic E-state index is 0.659. The Morgan fingerprint density at radius 2 is 1.77 bits per heavy atom. The third-order valence-corrected chi connectivity index (χ3v) is 5.47. The molecule has 142 valence electrons. The number of ether oxygens (including phenoxy) is 2. The summed E-state index contributed by atoms with van der Waals surface area (Å²) in [5, 5.41) is 1.94. The Hall–Kier alpha value is -1.24. The van der Waals surface area contributed by atoms with E-state index in [1.165, 1.54) is 0 Å². The molecule has 1 aromatic carbocycles. The summed E-state index contributed by atoms with van der Waals surface area (Å²) in [6, 6.07) is 8.20. The lowest BCUT2D eigenvalue weighted by molar-refractivity contribution is 0.0452. The van der Waals surface area contributed by atoms with Crippen molar-refractivity contribution in [2.45, 2.75) is 13.5 Å². The molecule has 0 saturated carbocycles. The van der Waals surface area contributed by atoms with E-state index < -0.39 is 0 Å². The van der Waals surface area contributed by atoms with Gasteiger partial charge >= 0.3 is 0 Å². The molecule has 1 aromatic heterocycles. The summed E-state index contributed by atoms with van der Waals surface area (Å²) < 4.78 is 10.5. The van der Waals surface area contributed by atoms with E-state index in [-0.39, 0.29) is 0 Å². The number of nitrogens with zero attached hydrogens (tertiary/aromatic N) is 3. The molecule has 3 rings (SSSR count). The molecule has 0 radical (unpaired) electrons. The highest BCUT2D eigenvalue weighted by Crippen LogP contribution is 2.27. The van der Waals surface area contributed by atoms with Crippen molar-refractivity contribution in [1.82, 2.24) is 14.8 Å². The fourth-order valence-corrected chi connectivity index (χ4v) is 3.55. The first-order chi connectivity index (χ1) is 12.7. The number of hydrogen-bond donors (Lipinski definition) is 0. The summed E-state index contributed by atoms with van der Waals surface area (Å²) in [7, 11) is 1.70. The quantitative estimate of drug-likeness (QED) is 0.661. The number of hydrogen-bond acceptors (Lipinski definition) is 5. The molecule has 0 aliphatic carbocycles. The number of halogens is 1. The van der Waals surface area contributed by atoms with Crippen LogP contribution in [0.1, 0.15) is 11.3 Å². The molecule has 0 N–H and O–H groups in total. The van der Waals surface area contributed by atoms with Gasteiger partial charge in [-0.25, -0.2) is 4.98 Å². The summed E-state index contributed by atoms with van der Waals surface area (Å²) in [4.78, 5) is 9.69. The number of benzene rings is 1. The van der Waals surface area contributed by atoms with Crippen LogP contribution in [0.4, 0.5) is 0 Å². The number of pyridine rings is 1. The van der Waals surface area contributed by atoms with Gasteiger partial charge in [-0.2, -0.15) is 0 Å². The number of methoxy groups -OCH3 is 1. The molecule has 1 saturated heterocycles. The lowest BCUT2D eigenvalue weighted by Crippen LogP contribution is -2.47. The van der Waals surface area contributed by atoms with E-state index in [0.29, 0.717) is 13.2 Å². The molecular weight excluding hydrogens is 350 g/mol. The van der Waals surface area contributed by atoms with E-state index in [0.717, 1.165) is 73.1 Å². The van der Waals surface area contributed by atoms with Crippen molar-refractivity contribution >= 4 is 22.5 Å². The van der Waals surface area contributed by atoms with Gasteiger partial charge in [0.1, 0.15) is 0 Å². The van der Waals surface area contributed by atoms with E-state index in [1.54, 1.807) is 7.11 Å². The highest BCUT2D eigenvalue weighted by molar-refractivity contribution is 6.32. The van der Waals surface area contributed by atoms with Gasteiger partial charge in [-0.1, -0.05) is 29.8 Å². The standard InChI is InChI=1S/C20H28ClN3O2/c1-16-17-5-3-4-6-18(17)22-19(20(16)21)15-24-9-7-23(8-10-24)11-12-26-14-13-25-2/h3-6H,7-15H2,1-2H3. The van der Waals surface area contributed by atoms with Crippen molar-refractivity contribution in [2.75, 3.05) is 59.7 Å². The molecule has 1 aliphatic rings. The molecule has 2 aromatic rings. The molecule has 1 fully saturated rings. The van der Waals surface area contributed by atoms with Crippen LogP contribution in [0.5, 0.6) is 0 Å². The Bertz CT molecular complexity index is 718. The third-order valence-electron chi connectivity index (χ3n) is 4.97. The van der Waals surface area contributed by atoms with E-state index in [1.807, 2.05) is 12.1 Å². The summed E-state index contributed by atoms with van der Waals surface area (Å²) in [6.07, 6.45) is 0. The summed E-state index contributed by atoms with van der Waals surface area (Å²) in [5.74, 6) is 0. The molecule has 0 amide bonds. The number of rotatable bonds is 8. The van der Waals surface area contributed by atoms with Crippen molar-refractivity contribution in [3.63, 3.8) is 0 Å². The first kappa shape index (κ1) is 19.5. The Morgan fingerprint density at radius 3 is 2.54 bits per heavy atom. The second-order valence-electron chi connectivity index (χ2n) is 6.74. The summed E-state index contributed by atoms with van der Waals surface area (Å²) >= 11 is 6.60. The fourth-order valence-electron chi connectivity index (χ4n) is 3.34. The van der Waals surface area contributed by atoms with Crippen LogP contribution in [-0.4, -0.2) is 74.4 Å². The second-order valence-corrected chi connectivity index (χ2v) is 7.12. The Morgan fingerprint density at radius 1 is 1.04 bits per heavy atom. The van der Waals surface area contributed by atoms with E-state index >= 15 is 0 Å². The van der Waals surface area contributed by atoms with E-state index in [9.17, 15) is 0 Å². The van der Waals surface area contributed by atoms with E-state index in [2.05, 4.69) is 28.9 Å². The minimum absolute atomic E-state index is 0.659. The maximum atomic E-state index is 6.60. The topological polar surface area (TPSA) is 37.8 Å². The molecule has 0 atom stereocenters. The number of piperazine rings is 1. The van der Waals surface area contributed by atoms with Gasteiger partial charge in [0.25, 0.3) is 0 Å². The molecule has 0 unspecified atom stereocenters. The van der Waals surface area contributed by atoms with Crippen molar-refractivity contribution in [2.24, 2.45) is 0 Å². The number of aryl methyl sites for hydroxylation is 1. The second kappa shape index (κ2) is 9.62. The van der Waals surface area contributed by atoms with Gasteiger partial charge in [-0.15, -0.1) is 0 Å². The van der Waals surface area contributed by atoms with Crippen LogP contribution in [0.25, 0.3) is 10.9 Å². The van der Waals surface area contributed by atoms with Gasteiger partial charge in [-0.3, -0.25) is 9.80 Å². The Balaban J connectivity index is 1.52. The number of aromatic nitrogens is 1. The molecule has 6 heteroatoms. The van der Waals surface area contributed by atoms with Gasteiger partial charge in [0.05, 0.1) is 36.1 Å². The predicted molar refractivity (Wildman–Crippen MR) is 106 cm³/mol. The third kappa shape index (κ3) is 4.93. The zero-order chi connectivity index (χ0) is 18.4. The van der Waals surface area contributed by atoms with Crippen molar-refractivity contribution in [3.05, 3.63) is 40.5 Å². The maximum absolute atomic E-state index is 6.60. The molecule has 0 bridgehead atoms. The van der Waals surface area contributed by atoms with Crippen molar-refractivity contribution < 1.29 is 9.47 Å². The molecule has 2 heterocycles. The Labute approximate surface area is 160 Å². The van der Waals surface area contributed by atoms with Gasteiger partial charge in [0.15, 0.2) is 0 Å². The Kier molecular flexibility index (Phi) is 7.23. The lowest BCUT2D eigenvalue weighted by Gasteiger charge is -2.34. The highest BCUT2D eigenvalue weighted by Gasteiger charge is 2.19. The highest BCUT2D eigenvalue weighted by atomic mass is 35.5. The monoisotopic (exact) mass is 377 g/mol. The SMILES string of the molecule is COCCOCCN1CCN(Cc2nc3ccccc3c(C)c2Cl)CC1. The van der Waals surface area contributed by atoms with Crippen LogP contribution in [0.3, 0.4) is 0 Å². The average molecular weight is 378 g/mol. The van der Waals surface area contributed by atoms with Crippen LogP contribution in [0, 0.1) is 6.92 Å². The van der Waals surface area contributed by atoms with Gasteiger partial charge in [-0.05, 0) is 18.6 Å². The average Bonchev–Trinajstić information content (AvgIpc) is 2.67. The largest absolute Gasteiger partial charge is 0.382 e. The summed E-state index contributed by atoms with van der Waals surface area (Å²) in [5.41, 5.74) is 3.13. The number of fused-ring (bicyclic) bond motifs is 1. The lowest BCUT2D eigenvalue weighted by atomic mass is 10.1. The molecular formula is C20H28ClN3O2. The van der Waals surface area contributed by atoms with Crippen LogP contribution < -0.4 is 0 Å². The van der Waals surface area contributed by atoms with Crippen LogP contribution in [0.15, 0.2) is 24.3 Å². The molecule has 5 nitrogen and oxygen atoms in total. The molecule has 0 spiro atoms.